The lowest BCUT2D eigenvalue weighted by molar-refractivity contribution is 0.0340. The van der Waals surface area contributed by atoms with Crippen LogP contribution < -0.4 is 5.32 Å². The van der Waals surface area contributed by atoms with E-state index in [4.69, 9.17) is 4.74 Å². The lowest BCUT2D eigenvalue weighted by Gasteiger charge is -2.27. The largest absolute Gasteiger partial charge is 0.379 e. The number of hydrogen-bond donors (Lipinski definition) is 1. The van der Waals surface area contributed by atoms with E-state index < -0.39 is 0 Å². The fourth-order valence-corrected chi connectivity index (χ4v) is 3.45. The van der Waals surface area contributed by atoms with Crippen LogP contribution in [0.25, 0.3) is 5.69 Å². The number of ether oxygens (including phenoxy) is 1. The second-order valence-corrected chi connectivity index (χ2v) is 7.21. The summed E-state index contributed by atoms with van der Waals surface area (Å²) >= 11 is 0. The van der Waals surface area contributed by atoms with Gasteiger partial charge in [-0.25, -0.2) is 14.1 Å². The summed E-state index contributed by atoms with van der Waals surface area (Å²) in [5.74, 6) is -0.0349. The molecule has 8 heteroatoms. The van der Waals surface area contributed by atoms with Crippen LogP contribution in [0.3, 0.4) is 0 Å². The van der Waals surface area contributed by atoms with E-state index >= 15 is 0 Å². The van der Waals surface area contributed by atoms with E-state index in [0.29, 0.717) is 18.1 Å². The Labute approximate surface area is 174 Å². The highest BCUT2D eigenvalue weighted by Gasteiger charge is 2.17. The topological polar surface area (TPSA) is 72.3 Å². The quantitative estimate of drug-likeness (QED) is 0.677. The fraction of sp³-hybridized carbons (Fsp3) is 0.318. The molecule has 156 valence electrons. The number of amides is 1. The van der Waals surface area contributed by atoms with Crippen molar-refractivity contribution in [2.45, 2.75) is 20.0 Å². The molecule has 1 N–H and O–H groups in total. The monoisotopic (exact) mass is 409 g/mol. The molecule has 1 aromatic heterocycles. The Bertz CT molecular complexity index is 1010. The fourth-order valence-electron chi connectivity index (χ4n) is 3.45. The van der Waals surface area contributed by atoms with Crippen molar-refractivity contribution in [2.24, 2.45) is 0 Å². The highest BCUT2D eigenvalue weighted by molar-refractivity contribution is 5.90. The summed E-state index contributed by atoms with van der Waals surface area (Å²) in [6.45, 7) is 6.29. The van der Waals surface area contributed by atoms with Gasteiger partial charge in [0.15, 0.2) is 0 Å². The van der Waals surface area contributed by atoms with Crippen LogP contribution in [-0.4, -0.2) is 51.9 Å². The van der Waals surface area contributed by atoms with E-state index in [1.807, 2.05) is 18.2 Å². The molecule has 0 atom stereocenters. The highest BCUT2D eigenvalue weighted by atomic mass is 19.1. The molecule has 0 radical (unpaired) electrons. The van der Waals surface area contributed by atoms with Crippen LogP contribution in [0.5, 0.6) is 0 Å². The van der Waals surface area contributed by atoms with Crippen molar-refractivity contribution in [3.05, 3.63) is 77.1 Å². The Morgan fingerprint density at radius 3 is 2.53 bits per heavy atom. The van der Waals surface area contributed by atoms with Crippen LogP contribution in [0.4, 0.5) is 4.39 Å². The number of benzene rings is 2. The molecule has 1 amide bonds. The summed E-state index contributed by atoms with van der Waals surface area (Å²) in [6.07, 6.45) is 0. The van der Waals surface area contributed by atoms with Crippen molar-refractivity contribution in [3.8, 4) is 5.69 Å². The number of nitrogens with zero attached hydrogens (tertiary/aromatic N) is 4. The first kappa shape index (κ1) is 20.2. The number of rotatable bonds is 6. The van der Waals surface area contributed by atoms with Crippen molar-refractivity contribution >= 4 is 5.91 Å². The van der Waals surface area contributed by atoms with E-state index in [1.165, 1.54) is 22.4 Å². The SMILES string of the molecule is Cc1nc(C(=O)NCc2ccccc2CN2CCOCC2)nn1-c1ccc(F)cc1. The van der Waals surface area contributed by atoms with Gasteiger partial charge in [-0.1, -0.05) is 24.3 Å². The molecule has 1 aliphatic heterocycles. The Morgan fingerprint density at radius 2 is 1.80 bits per heavy atom. The number of carbonyl (C=O) groups is 1. The smallest absolute Gasteiger partial charge is 0.291 e. The van der Waals surface area contributed by atoms with Crippen LogP contribution in [0.15, 0.2) is 48.5 Å². The zero-order chi connectivity index (χ0) is 20.9. The van der Waals surface area contributed by atoms with Gasteiger partial charge in [0, 0.05) is 26.2 Å². The first-order chi connectivity index (χ1) is 14.6. The molecule has 2 aromatic carbocycles. The third-order valence-corrected chi connectivity index (χ3v) is 5.10. The maximum Gasteiger partial charge on any atom is 0.291 e. The Kier molecular flexibility index (Phi) is 6.15. The molecular formula is C22H24FN5O2. The molecule has 0 saturated carbocycles. The van der Waals surface area contributed by atoms with Gasteiger partial charge in [0.1, 0.15) is 11.6 Å². The number of aryl methyl sites for hydroxylation is 1. The third kappa shape index (κ3) is 4.72. The van der Waals surface area contributed by atoms with E-state index in [9.17, 15) is 9.18 Å². The first-order valence-corrected chi connectivity index (χ1v) is 9.95. The molecule has 30 heavy (non-hydrogen) atoms. The standard InChI is InChI=1S/C22H24FN5O2/c1-16-25-21(26-28(16)20-8-6-19(23)7-9-20)22(29)24-14-17-4-2-3-5-18(17)15-27-10-12-30-13-11-27/h2-9H,10-15H2,1H3,(H,24,29). The van der Waals surface area contributed by atoms with Gasteiger partial charge in [-0.3, -0.25) is 9.69 Å². The molecule has 0 bridgehead atoms. The molecule has 0 unspecified atom stereocenters. The molecular weight excluding hydrogens is 385 g/mol. The summed E-state index contributed by atoms with van der Waals surface area (Å²) in [7, 11) is 0. The van der Waals surface area contributed by atoms with Gasteiger partial charge in [-0.05, 0) is 42.3 Å². The summed E-state index contributed by atoms with van der Waals surface area (Å²) in [6, 6.07) is 14.0. The Hall–Kier alpha value is -3.10. The molecule has 4 rings (SSSR count). The van der Waals surface area contributed by atoms with Crippen molar-refractivity contribution in [2.75, 3.05) is 26.3 Å². The summed E-state index contributed by atoms with van der Waals surface area (Å²) in [5.41, 5.74) is 2.89. The number of aromatic nitrogens is 3. The van der Waals surface area contributed by atoms with Crippen molar-refractivity contribution in [3.63, 3.8) is 0 Å². The van der Waals surface area contributed by atoms with E-state index in [-0.39, 0.29) is 17.5 Å². The zero-order valence-electron chi connectivity index (χ0n) is 16.8. The van der Waals surface area contributed by atoms with Gasteiger partial charge in [-0.2, -0.15) is 0 Å². The lowest BCUT2D eigenvalue weighted by atomic mass is 10.1. The van der Waals surface area contributed by atoms with Crippen molar-refractivity contribution in [1.82, 2.24) is 25.0 Å². The summed E-state index contributed by atoms with van der Waals surface area (Å²) < 4.78 is 20.1. The van der Waals surface area contributed by atoms with Gasteiger partial charge in [0.05, 0.1) is 18.9 Å². The zero-order valence-corrected chi connectivity index (χ0v) is 16.8. The molecule has 1 aliphatic rings. The van der Waals surface area contributed by atoms with Crippen LogP contribution >= 0.6 is 0 Å². The van der Waals surface area contributed by atoms with E-state index in [1.54, 1.807) is 19.1 Å². The van der Waals surface area contributed by atoms with Gasteiger partial charge in [0.25, 0.3) is 5.91 Å². The minimum atomic E-state index is -0.347. The van der Waals surface area contributed by atoms with Crippen LogP contribution in [0.1, 0.15) is 27.6 Å². The Balaban J connectivity index is 1.43. The van der Waals surface area contributed by atoms with Crippen LogP contribution in [0.2, 0.25) is 0 Å². The van der Waals surface area contributed by atoms with Gasteiger partial charge < -0.3 is 10.1 Å². The molecule has 0 aliphatic carbocycles. The number of carbonyl (C=O) groups excluding carboxylic acids is 1. The number of halogens is 1. The van der Waals surface area contributed by atoms with Crippen LogP contribution in [-0.2, 0) is 17.8 Å². The van der Waals surface area contributed by atoms with Crippen molar-refractivity contribution < 1.29 is 13.9 Å². The average molecular weight is 409 g/mol. The number of nitrogens with one attached hydrogen (secondary N) is 1. The predicted molar refractivity (Wildman–Crippen MR) is 110 cm³/mol. The number of morpholine rings is 1. The van der Waals surface area contributed by atoms with Crippen LogP contribution in [0, 0.1) is 12.7 Å². The van der Waals surface area contributed by atoms with Gasteiger partial charge in [-0.15, -0.1) is 5.10 Å². The molecule has 7 nitrogen and oxygen atoms in total. The van der Waals surface area contributed by atoms with Gasteiger partial charge in [0.2, 0.25) is 5.82 Å². The Morgan fingerprint density at radius 1 is 1.10 bits per heavy atom. The molecule has 1 fully saturated rings. The third-order valence-electron chi connectivity index (χ3n) is 5.10. The summed E-state index contributed by atoms with van der Waals surface area (Å²) in [5, 5.41) is 7.20. The predicted octanol–water partition coefficient (Wildman–Crippen LogP) is 2.48. The molecule has 3 aromatic rings. The highest BCUT2D eigenvalue weighted by Crippen LogP contribution is 2.14. The lowest BCUT2D eigenvalue weighted by Crippen LogP contribution is -2.36. The molecule has 0 spiro atoms. The summed E-state index contributed by atoms with van der Waals surface area (Å²) in [4.78, 5) is 19.2. The average Bonchev–Trinajstić information content (AvgIpc) is 3.16. The maximum absolute atomic E-state index is 13.2. The molecule has 1 saturated heterocycles. The maximum atomic E-state index is 13.2. The second-order valence-electron chi connectivity index (χ2n) is 7.21. The van der Waals surface area contributed by atoms with E-state index in [0.717, 1.165) is 38.4 Å². The van der Waals surface area contributed by atoms with Crippen molar-refractivity contribution in [1.29, 1.82) is 0 Å². The first-order valence-electron chi connectivity index (χ1n) is 9.95. The van der Waals surface area contributed by atoms with Gasteiger partial charge >= 0.3 is 0 Å². The number of hydrogen-bond acceptors (Lipinski definition) is 5. The minimum absolute atomic E-state index is 0.0856. The molecule has 2 heterocycles. The minimum Gasteiger partial charge on any atom is -0.379 e. The normalized spacial score (nSPS) is 14.6. The second kappa shape index (κ2) is 9.15. The van der Waals surface area contributed by atoms with E-state index in [2.05, 4.69) is 26.4 Å².